The molecule has 0 unspecified atom stereocenters. The highest BCUT2D eigenvalue weighted by atomic mass is 32.2. The SMILES string of the molecule is Cc1ccc(F)c(N2C(=N)SCC2=O)c1. The summed E-state index contributed by atoms with van der Waals surface area (Å²) < 4.78 is 13.5. The number of hydrogen-bond donors (Lipinski definition) is 1. The lowest BCUT2D eigenvalue weighted by atomic mass is 10.2. The third-order valence-electron chi connectivity index (χ3n) is 2.13. The Kier molecular flexibility index (Phi) is 2.48. The van der Waals surface area contributed by atoms with Gasteiger partial charge in [-0.05, 0) is 24.6 Å². The van der Waals surface area contributed by atoms with Gasteiger partial charge in [0.15, 0.2) is 5.17 Å². The summed E-state index contributed by atoms with van der Waals surface area (Å²) in [5.74, 6) is -0.498. The zero-order valence-electron chi connectivity index (χ0n) is 8.08. The maximum absolute atomic E-state index is 13.5. The first-order valence-corrected chi connectivity index (χ1v) is 5.38. The molecular formula is C10H9FN2OS. The summed E-state index contributed by atoms with van der Waals surface area (Å²) in [6.07, 6.45) is 0. The maximum Gasteiger partial charge on any atom is 0.243 e. The Morgan fingerprint density at radius 3 is 2.87 bits per heavy atom. The number of nitrogens with zero attached hydrogens (tertiary/aromatic N) is 1. The Balaban J connectivity index is 2.48. The van der Waals surface area contributed by atoms with Gasteiger partial charge in [0.05, 0.1) is 11.4 Å². The van der Waals surface area contributed by atoms with Crippen LogP contribution >= 0.6 is 11.8 Å². The highest BCUT2D eigenvalue weighted by Crippen LogP contribution is 2.28. The second-order valence-corrected chi connectivity index (χ2v) is 4.24. The summed E-state index contributed by atoms with van der Waals surface area (Å²) in [4.78, 5) is 12.6. The molecule has 1 aromatic carbocycles. The number of halogens is 1. The highest BCUT2D eigenvalue weighted by molar-refractivity contribution is 8.15. The molecule has 0 radical (unpaired) electrons. The topological polar surface area (TPSA) is 44.2 Å². The molecule has 1 aliphatic rings. The number of carbonyl (C=O) groups excluding carboxylic acids is 1. The number of anilines is 1. The Hall–Kier alpha value is -1.36. The molecule has 1 aromatic rings. The fourth-order valence-electron chi connectivity index (χ4n) is 1.41. The number of benzene rings is 1. The Labute approximate surface area is 90.8 Å². The minimum Gasteiger partial charge on any atom is -0.278 e. The van der Waals surface area contributed by atoms with Crippen molar-refractivity contribution >= 4 is 28.5 Å². The van der Waals surface area contributed by atoms with Crippen LogP contribution in [-0.2, 0) is 4.79 Å². The summed E-state index contributed by atoms with van der Waals surface area (Å²) in [6.45, 7) is 1.82. The van der Waals surface area contributed by atoms with Gasteiger partial charge >= 0.3 is 0 Å². The van der Waals surface area contributed by atoms with Gasteiger partial charge in [0.1, 0.15) is 5.82 Å². The standard InChI is InChI=1S/C10H9FN2OS/c1-6-2-3-7(11)8(4-6)13-9(14)5-15-10(13)12/h2-4,12H,5H2,1H3. The van der Waals surface area contributed by atoms with E-state index in [2.05, 4.69) is 0 Å². The van der Waals surface area contributed by atoms with Gasteiger partial charge in [-0.15, -0.1) is 0 Å². The smallest absolute Gasteiger partial charge is 0.243 e. The molecule has 1 amide bonds. The average molecular weight is 224 g/mol. The number of amidine groups is 1. The molecule has 0 atom stereocenters. The van der Waals surface area contributed by atoms with Gasteiger partial charge in [-0.25, -0.2) is 4.39 Å². The minimum atomic E-state index is -0.471. The monoisotopic (exact) mass is 224 g/mol. The molecule has 3 nitrogen and oxygen atoms in total. The lowest BCUT2D eigenvalue weighted by Gasteiger charge is -2.15. The fraction of sp³-hybridized carbons (Fsp3) is 0.200. The van der Waals surface area contributed by atoms with Crippen LogP contribution in [0.3, 0.4) is 0 Å². The zero-order valence-corrected chi connectivity index (χ0v) is 8.90. The summed E-state index contributed by atoms with van der Waals surface area (Å²) >= 11 is 1.12. The van der Waals surface area contributed by atoms with E-state index < -0.39 is 5.82 Å². The Morgan fingerprint density at radius 2 is 2.27 bits per heavy atom. The van der Waals surface area contributed by atoms with Crippen molar-refractivity contribution in [1.29, 1.82) is 5.41 Å². The van der Waals surface area contributed by atoms with Crippen LogP contribution in [0.15, 0.2) is 18.2 Å². The van der Waals surface area contributed by atoms with Crippen molar-refractivity contribution in [2.75, 3.05) is 10.7 Å². The molecule has 0 saturated carbocycles. The van der Waals surface area contributed by atoms with Crippen molar-refractivity contribution in [3.05, 3.63) is 29.6 Å². The van der Waals surface area contributed by atoms with Gasteiger partial charge < -0.3 is 0 Å². The third kappa shape index (κ3) is 1.74. The van der Waals surface area contributed by atoms with Crippen LogP contribution < -0.4 is 4.90 Å². The van der Waals surface area contributed by atoms with Crippen molar-refractivity contribution in [1.82, 2.24) is 0 Å². The Bertz CT molecular complexity index is 431. The predicted octanol–water partition coefficient (Wildman–Crippen LogP) is 2.15. The molecule has 0 aliphatic carbocycles. The van der Waals surface area contributed by atoms with Crippen LogP contribution in [-0.4, -0.2) is 16.8 Å². The van der Waals surface area contributed by atoms with Crippen LogP contribution in [0.25, 0.3) is 0 Å². The Morgan fingerprint density at radius 1 is 1.53 bits per heavy atom. The molecule has 5 heteroatoms. The van der Waals surface area contributed by atoms with E-state index in [4.69, 9.17) is 5.41 Å². The van der Waals surface area contributed by atoms with Gasteiger partial charge in [-0.3, -0.25) is 15.1 Å². The second kappa shape index (κ2) is 3.66. The molecule has 1 heterocycles. The molecule has 78 valence electrons. The van der Waals surface area contributed by atoms with Gasteiger partial charge in [0.2, 0.25) is 5.91 Å². The quantitative estimate of drug-likeness (QED) is 0.794. The second-order valence-electron chi connectivity index (χ2n) is 3.28. The summed E-state index contributed by atoms with van der Waals surface area (Å²) in [7, 11) is 0. The van der Waals surface area contributed by atoms with E-state index in [0.29, 0.717) is 0 Å². The van der Waals surface area contributed by atoms with E-state index in [1.54, 1.807) is 12.1 Å². The van der Waals surface area contributed by atoms with E-state index in [0.717, 1.165) is 22.2 Å². The average Bonchev–Trinajstić information content (AvgIpc) is 2.51. The van der Waals surface area contributed by atoms with Crippen LogP contribution in [0.2, 0.25) is 0 Å². The van der Waals surface area contributed by atoms with Gasteiger partial charge in [-0.2, -0.15) is 0 Å². The minimum absolute atomic E-state index is 0.0875. The fourth-order valence-corrected chi connectivity index (χ4v) is 2.13. The highest BCUT2D eigenvalue weighted by Gasteiger charge is 2.30. The maximum atomic E-state index is 13.5. The number of rotatable bonds is 1. The number of aryl methyl sites for hydroxylation is 1. The zero-order chi connectivity index (χ0) is 11.0. The molecule has 1 saturated heterocycles. The van der Waals surface area contributed by atoms with E-state index in [9.17, 15) is 9.18 Å². The first-order chi connectivity index (χ1) is 7.09. The molecular weight excluding hydrogens is 215 g/mol. The van der Waals surface area contributed by atoms with Crippen LogP contribution in [0.5, 0.6) is 0 Å². The number of thioether (sulfide) groups is 1. The third-order valence-corrected chi connectivity index (χ3v) is 2.97. The lowest BCUT2D eigenvalue weighted by Crippen LogP contribution is -2.29. The van der Waals surface area contributed by atoms with Crippen molar-refractivity contribution in [3.8, 4) is 0 Å². The van der Waals surface area contributed by atoms with Gasteiger partial charge in [-0.1, -0.05) is 17.8 Å². The van der Waals surface area contributed by atoms with Crippen molar-refractivity contribution in [2.24, 2.45) is 0 Å². The molecule has 0 spiro atoms. The van der Waals surface area contributed by atoms with E-state index in [-0.39, 0.29) is 22.5 Å². The van der Waals surface area contributed by atoms with E-state index in [1.165, 1.54) is 6.07 Å². The van der Waals surface area contributed by atoms with Crippen LogP contribution in [0.1, 0.15) is 5.56 Å². The number of carbonyl (C=O) groups is 1. The molecule has 15 heavy (non-hydrogen) atoms. The first kappa shape index (κ1) is 10.2. The summed E-state index contributed by atoms with van der Waals surface area (Å²) in [5, 5.41) is 7.63. The summed E-state index contributed by atoms with van der Waals surface area (Å²) in [6, 6.07) is 4.53. The molecule has 0 aromatic heterocycles. The molecule has 1 N–H and O–H groups in total. The number of hydrogen-bond acceptors (Lipinski definition) is 3. The van der Waals surface area contributed by atoms with Crippen molar-refractivity contribution in [3.63, 3.8) is 0 Å². The normalized spacial score (nSPS) is 16.3. The predicted molar refractivity (Wildman–Crippen MR) is 58.8 cm³/mol. The first-order valence-electron chi connectivity index (χ1n) is 4.40. The molecule has 1 aliphatic heterocycles. The number of nitrogens with one attached hydrogen (secondary N) is 1. The van der Waals surface area contributed by atoms with Crippen molar-refractivity contribution < 1.29 is 9.18 Å². The van der Waals surface area contributed by atoms with Crippen molar-refractivity contribution in [2.45, 2.75) is 6.92 Å². The van der Waals surface area contributed by atoms with Crippen LogP contribution in [0, 0.1) is 18.2 Å². The molecule has 0 bridgehead atoms. The number of amides is 1. The molecule has 1 fully saturated rings. The largest absolute Gasteiger partial charge is 0.278 e. The van der Waals surface area contributed by atoms with Gasteiger partial charge in [0.25, 0.3) is 0 Å². The van der Waals surface area contributed by atoms with E-state index >= 15 is 0 Å². The van der Waals surface area contributed by atoms with E-state index in [1.807, 2.05) is 6.92 Å². The molecule has 2 rings (SSSR count). The summed E-state index contributed by atoms with van der Waals surface area (Å²) in [5.41, 5.74) is 1.04. The lowest BCUT2D eigenvalue weighted by molar-refractivity contribution is -0.115. The van der Waals surface area contributed by atoms with Gasteiger partial charge in [0, 0.05) is 0 Å². The van der Waals surface area contributed by atoms with Crippen LogP contribution in [0.4, 0.5) is 10.1 Å².